The smallest absolute Gasteiger partial charge is 0.280 e. The van der Waals surface area contributed by atoms with E-state index in [-0.39, 0.29) is 6.61 Å². The minimum absolute atomic E-state index is 0.0108. The molecule has 0 saturated heterocycles. The molecular weight excluding hydrogens is 542 g/mol. The van der Waals surface area contributed by atoms with E-state index in [1.807, 2.05) is 0 Å². The number of unbranched alkanes of at least 4 members (excludes halogenated alkanes) is 9. The van der Waals surface area contributed by atoms with E-state index in [1.54, 1.807) is 30.3 Å². The summed E-state index contributed by atoms with van der Waals surface area (Å²) in [5.41, 5.74) is 0.711. The molecule has 42 heavy (non-hydrogen) atoms. The summed E-state index contributed by atoms with van der Waals surface area (Å²) >= 11 is 0. The Balaban J connectivity index is 1.48. The molecule has 0 saturated carbocycles. The lowest BCUT2D eigenvalue weighted by Crippen LogP contribution is -2.33. The summed E-state index contributed by atoms with van der Waals surface area (Å²) in [5.74, 6) is -4.70. The highest BCUT2D eigenvalue weighted by Crippen LogP contribution is 2.47. The van der Waals surface area contributed by atoms with Crippen molar-refractivity contribution in [1.82, 2.24) is 4.98 Å². The number of hydrogen-bond acceptors (Lipinski definition) is 3. The molecule has 0 N–H and O–H groups in total. The van der Waals surface area contributed by atoms with Crippen molar-refractivity contribution < 1.29 is 27.0 Å². The van der Waals surface area contributed by atoms with Gasteiger partial charge in [-0.2, -0.15) is 4.39 Å². The highest BCUT2D eigenvalue weighted by atomic mass is 19.3. The molecule has 1 aromatic carbocycles. The van der Waals surface area contributed by atoms with Gasteiger partial charge in [-0.25, -0.2) is 18.2 Å². The number of halogens is 4. The van der Waals surface area contributed by atoms with Gasteiger partial charge in [0.15, 0.2) is 0 Å². The van der Waals surface area contributed by atoms with E-state index in [1.165, 1.54) is 19.3 Å². The molecule has 0 fully saturated rings. The van der Waals surface area contributed by atoms with Gasteiger partial charge in [0.25, 0.3) is 5.92 Å². The van der Waals surface area contributed by atoms with Gasteiger partial charge in [-0.3, -0.25) is 0 Å². The van der Waals surface area contributed by atoms with Crippen LogP contribution in [-0.2, 0) is 17.1 Å². The summed E-state index contributed by atoms with van der Waals surface area (Å²) in [5, 5.41) is 0. The number of benzene rings is 1. The average Bonchev–Trinajstić information content (AvgIpc) is 2.97. The number of pyridine rings is 1. The van der Waals surface area contributed by atoms with Gasteiger partial charge < -0.3 is 9.47 Å². The number of hydrogen-bond donors (Lipinski definition) is 0. The van der Waals surface area contributed by atoms with E-state index < -0.39 is 29.5 Å². The Labute approximate surface area is 250 Å². The van der Waals surface area contributed by atoms with Crippen LogP contribution in [0.1, 0.15) is 121 Å². The van der Waals surface area contributed by atoms with Gasteiger partial charge >= 0.3 is 0 Å². The lowest BCUT2D eigenvalue weighted by atomic mass is 9.78. The number of ether oxygens (including phenoxy) is 2. The van der Waals surface area contributed by atoms with Crippen molar-refractivity contribution in [3.63, 3.8) is 0 Å². The normalized spacial score (nSPS) is 16.8. The Morgan fingerprint density at radius 1 is 0.881 bits per heavy atom. The number of aryl methyl sites for hydroxylation is 1. The maximum Gasteiger partial charge on any atom is 0.280 e. The lowest BCUT2D eigenvalue weighted by molar-refractivity contribution is -0.0825. The van der Waals surface area contributed by atoms with Gasteiger partial charge in [-0.05, 0) is 74.4 Å². The zero-order valence-electron chi connectivity index (χ0n) is 25.8. The van der Waals surface area contributed by atoms with E-state index in [9.17, 15) is 4.39 Å². The van der Waals surface area contributed by atoms with Crippen LogP contribution in [0.15, 0.2) is 30.3 Å². The first-order valence-electron chi connectivity index (χ1n) is 16.4. The molecule has 0 aliphatic heterocycles. The van der Waals surface area contributed by atoms with Crippen LogP contribution in [0.25, 0.3) is 11.3 Å². The summed E-state index contributed by atoms with van der Waals surface area (Å²) in [6.07, 6.45) is 13.0. The summed E-state index contributed by atoms with van der Waals surface area (Å²) < 4.78 is 71.3. The molecular formula is C35H51F4NO2. The first kappa shape index (κ1) is 34.3. The van der Waals surface area contributed by atoms with Crippen molar-refractivity contribution in [1.29, 1.82) is 0 Å². The van der Waals surface area contributed by atoms with Gasteiger partial charge in [0.1, 0.15) is 18.5 Å². The van der Waals surface area contributed by atoms with E-state index in [2.05, 4.69) is 18.8 Å². The zero-order chi connectivity index (χ0) is 30.2. The topological polar surface area (TPSA) is 31.4 Å². The first-order chi connectivity index (χ1) is 20.4. The predicted molar refractivity (Wildman–Crippen MR) is 163 cm³/mol. The fourth-order valence-corrected chi connectivity index (χ4v) is 5.77. The van der Waals surface area contributed by atoms with E-state index in [4.69, 9.17) is 9.47 Å². The van der Waals surface area contributed by atoms with Crippen LogP contribution >= 0.6 is 0 Å². The second-order valence-electron chi connectivity index (χ2n) is 11.8. The number of alkyl halides is 3. The Bertz CT molecular complexity index is 1030. The van der Waals surface area contributed by atoms with Crippen LogP contribution in [0.4, 0.5) is 17.6 Å². The number of aromatic nitrogens is 1. The third-order valence-corrected chi connectivity index (χ3v) is 8.35. The molecule has 1 aromatic heterocycles. The Morgan fingerprint density at radius 3 is 2.26 bits per heavy atom. The molecule has 3 rings (SSSR count). The standard InChI is InChI=1S/C35H51F4NO2/c1-3-5-7-8-9-12-16-30(36)26-42-31-21-18-27(19-22-31)32-25-28-17-20-29(35(38,39)33(28)34(37)40-32)15-11-10-14-24-41-23-13-6-4-2/h18-19,21-22,25,29-30H,3-17,20,23-24,26H2,1-2H3. The fraction of sp³-hybridized carbons (Fsp3) is 0.686. The SMILES string of the molecule is CCCCCCCCC(F)COc1ccc(-c2cc3c(c(F)n2)C(F)(F)C(CCCCCOCCCCC)CC3)cc1. The molecule has 2 atom stereocenters. The van der Waals surface area contributed by atoms with Crippen LogP contribution in [0.3, 0.4) is 0 Å². The van der Waals surface area contributed by atoms with Gasteiger partial charge in [0, 0.05) is 24.7 Å². The summed E-state index contributed by atoms with van der Waals surface area (Å²) in [7, 11) is 0. The van der Waals surface area contributed by atoms with Crippen LogP contribution in [0.5, 0.6) is 5.75 Å². The zero-order valence-corrected chi connectivity index (χ0v) is 25.8. The summed E-state index contributed by atoms with van der Waals surface area (Å²) in [6, 6.07) is 8.38. The number of nitrogens with zero attached hydrogens (tertiary/aromatic N) is 1. The maximum absolute atomic E-state index is 15.4. The van der Waals surface area contributed by atoms with Crippen LogP contribution < -0.4 is 4.74 Å². The molecule has 0 bridgehead atoms. The Kier molecular flexibility index (Phi) is 15.1. The second kappa shape index (κ2) is 18.5. The molecule has 2 unspecified atom stereocenters. The summed E-state index contributed by atoms with van der Waals surface area (Å²) in [6.45, 7) is 5.74. The van der Waals surface area contributed by atoms with Crippen LogP contribution in [0, 0.1) is 11.9 Å². The minimum atomic E-state index is -3.24. The van der Waals surface area contributed by atoms with Crippen LogP contribution in [-0.4, -0.2) is 31.0 Å². The van der Waals surface area contributed by atoms with Crippen molar-refractivity contribution in [3.05, 3.63) is 47.4 Å². The average molecular weight is 594 g/mol. The third kappa shape index (κ3) is 10.8. The van der Waals surface area contributed by atoms with Crippen molar-refractivity contribution in [2.24, 2.45) is 5.92 Å². The molecule has 1 heterocycles. The molecule has 0 spiro atoms. The number of rotatable bonds is 21. The van der Waals surface area contributed by atoms with E-state index in [0.29, 0.717) is 61.3 Å². The van der Waals surface area contributed by atoms with Crippen molar-refractivity contribution in [3.8, 4) is 17.0 Å². The largest absolute Gasteiger partial charge is 0.491 e. The van der Waals surface area contributed by atoms with Gasteiger partial charge in [-0.15, -0.1) is 0 Å². The Morgan fingerprint density at radius 2 is 1.52 bits per heavy atom. The molecule has 1 aliphatic rings. The highest BCUT2D eigenvalue weighted by molar-refractivity contribution is 5.62. The third-order valence-electron chi connectivity index (χ3n) is 8.35. The van der Waals surface area contributed by atoms with Gasteiger partial charge in [0.2, 0.25) is 5.95 Å². The first-order valence-corrected chi connectivity index (χ1v) is 16.4. The maximum atomic E-state index is 15.4. The molecule has 236 valence electrons. The second-order valence-corrected chi connectivity index (χ2v) is 11.8. The molecule has 3 nitrogen and oxygen atoms in total. The molecule has 0 amide bonds. The van der Waals surface area contributed by atoms with Crippen molar-refractivity contribution in [2.75, 3.05) is 19.8 Å². The van der Waals surface area contributed by atoms with Crippen molar-refractivity contribution >= 4 is 0 Å². The molecule has 0 radical (unpaired) electrons. The monoisotopic (exact) mass is 593 g/mol. The Hall–Kier alpha value is -2.15. The van der Waals surface area contributed by atoms with Gasteiger partial charge in [0.05, 0.1) is 11.3 Å². The lowest BCUT2D eigenvalue weighted by Gasteiger charge is -2.33. The summed E-state index contributed by atoms with van der Waals surface area (Å²) in [4.78, 5) is 3.94. The molecule has 7 heteroatoms. The number of fused-ring (bicyclic) bond motifs is 1. The van der Waals surface area contributed by atoms with Crippen molar-refractivity contribution in [2.45, 2.75) is 129 Å². The van der Waals surface area contributed by atoms with Gasteiger partial charge in [-0.1, -0.05) is 78.1 Å². The quantitative estimate of drug-likeness (QED) is 0.0820. The molecule has 1 aliphatic carbocycles. The van der Waals surface area contributed by atoms with E-state index in [0.717, 1.165) is 58.0 Å². The predicted octanol–water partition coefficient (Wildman–Crippen LogP) is 10.8. The fourth-order valence-electron chi connectivity index (χ4n) is 5.77. The van der Waals surface area contributed by atoms with Crippen LogP contribution in [0.2, 0.25) is 0 Å². The molecule has 2 aromatic rings. The van der Waals surface area contributed by atoms with E-state index >= 15 is 13.2 Å². The minimum Gasteiger partial charge on any atom is -0.491 e. The highest BCUT2D eigenvalue weighted by Gasteiger charge is 2.47.